The van der Waals surface area contributed by atoms with Gasteiger partial charge in [0.05, 0.1) is 6.61 Å². The number of hydrogen-bond donors (Lipinski definition) is 5. The summed E-state index contributed by atoms with van der Waals surface area (Å²) in [4.78, 5) is 21.8. The van der Waals surface area contributed by atoms with Gasteiger partial charge >= 0.3 is 0 Å². The second-order valence-electron chi connectivity index (χ2n) is 5.58. The van der Waals surface area contributed by atoms with Crippen molar-refractivity contribution in [3.8, 4) is 0 Å². The molecule has 1 heterocycles. The first-order valence-corrected chi connectivity index (χ1v) is 7.66. The standard InChI is InChI=1S/C14H26N2O7/c1-8(18)16-11-13(21)12(20)9(7-17)23-14(11)22-6-4-2-3-5-10(15)19/h9,11-14,17,20-21H,2-7H2,1H3,(H2,15,19)(H,16,18)/t9?,11?,12-,13?,14+/m0/s1. The normalized spacial score (nSPS) is 30.9. The maximum atomic E-state index is 11.2. The van der Waals surface area contributed by atoms with E-state index >= 15 is 0 Å². The van der Waals surface area contributed by atoms with Gasteiger partial charge in [-0.15, -0.1) is 0 Å². The van der Waals surface area contributed by atoms with E-state index in [-0.39, 0.29) is 12.5 Å². The summed E-state index contributed by atoms with van der Waals surface area (Å²) in [5.74, 6) is -0.752. The van der Waals surface area contributed by atoms with E-state index in [1.807, 2.05) is 0 Å². The van der Waals surface area contributed by atoms with Gasteiger partial charge in [-0.3, -0.25) is 9.59 Å². The van der Waals surface area contributed by atoms with Crippen molar-refractivity contribution < 1.29 is 34.4 Å². The van der Waals surface area contributed by atoms with Crippen molar-refractivity contribution in [2.24, 2.45) is 5.73 Å². The molecule has 0 bridgehead atoms. The Morgan fingerprint density at radius 2 is 1.91 bits per heavy atom. The van der Waals surface area contributed by atoms with Crippen LogP contribution in [0, 0.1) is 0 Å². The van der Waals surface area contributed by atoms with Crippen LogP contribution in [0.15, 0.2) is 0 Å². The van der Waals surface area contributed by atoms with E-state index in [1.54, 1.807) is 0 Å². The molecule has 0 aromatic heterocycles. The molecule has 0 saturated carbocycles. The van der Waals surface area contributed by atoms with Crippen LogP contribution in [-0.2, 0) is 19.1 Å². The maximum absolute atomic E-state index is 11.2. The molecule has 9 heteroatoms. The molecule has 0 aromatic carbocycles. The van der Waals surface area contributed by atoms with Crippen LogP contribution in [0.2, 0.25) is 0 Å². The number of unbranched alkanes of at least 4 members (excludes halogenated alkanes) is 2. The number of primary amides is 1. The highest BCUT2D eigenvalue weighted by Gasteiger charge is 2.45. The molecule has 1 saturated heterocycles. The third-order valence-electron chi connectivity index (χ3n) is 3.60. The van der Waals surface area contributed by atoms with E-state index in [4.69, 9.17) is 15.2 Å². The molecule has 1 aliphatic rings. The molecule has 6 N–H and O–H groups in total. The number of hydrogen-bond acceptors (Lipinski definition) is 7. The van der Waals surface area contributed by atoms with Crippen molar-refractivity contribution in [3.05, 3.63) is 0 Å². The summed E-state index contributed by atoms with van der Waals surface area (Å²) in [5, 5.41) is 31.6. The number of carbonyl (C=O) groups is 2. The molecule has 0 aliphatic carbocycles. The Morgan fingerprint density at radius 3 is 2.48 bits per heavy atom. The Hall–Kier alpha value is -1.26. The zero-order valence-corrected chi connectivity index (χ0v) is 13.2. The van der Waals surface area contributed by atoms with E-state index in [0.29, 0.717) is 19.3 Å². The molecule has 3 unspecified atom stereocenters. The number of aliphatic hydroxyl groups is 3. The molecule has 0 aromatic rings. The van der Waals surface area contributed by atoms with Gasteiger partial charge in [0.25, 0.3) is 0 Å². The summed E-state index contributed by atoms with van der Waals surface area (Å²) in [5.41, 5.74) is 5.04. The summed E-state index contributed by atoms with van der Waals surface area (Å²) >= 11 is 0. The molecule has 134 valence electrons. The van der Waals surface area contributed by atoms with Gasteiger partial charge in [0, 0.05) is 20.0 Å². The highest BCUT2D eigenvalue weighted by Crippen LogP contribution is 2.22. The molecule has 23 heavy (non-hydrogen) atoms. The molecule has 0 radical (unpaired) electrons. The van der Waals surface area contributed by atoms with Gasteiger partial charge in [0.15, 0.2) is 6.29 Å². The van der Waals surface area contributed by atoms with Crippen molar-refractivity contribution >= 4 is 11.8 Å². The summed E-state index contributed by atoms with van der Waals surface area (Å²) in [6.07, 6.45) is -2.28. The SMILES string of the molecule is CC(=O)NC1C(O)[C@@H](O)C(CO)O[C@H]1OCCCCCC(N)=O. The van der Waals surface area contributed by atoms with Crippen LogP contribution in [-0.4, -0.2) is 71.0 Å². The molecular weight excluding hydrogens is 308 g/mol. The van der Waals surface area contributed by atoms with Gasteiger partial charge < -0.3 is 35.8 Å². The predicted molar refractivity (Wildman–Crippen MR) is 79.0 cm³/mol. The van der Waals surface area contributed by atoms with Crippen molar-refractivity contribution in [3.63, 3.8) is 0 Å². The number of nitrogens with two attached hydrogens (primary N) is 1. The van der Waals surface area contributed by atoms with Gasteiger partial charge in [-0.2, -0.15) is 0 Å². The zero-order valence-electron chi connectivity index (χ0n) is 13.2. The summed E-state index contributed by atoms with van der Waals surface area (Å²) in [7, 11) is 0. The number of rotatable bonds is 9. The van der Waals surface area contributed by atoms with Gasteiger partial charge in [0.1, 0.15) is 24.4 Å². The largest absolute Gasteiger partial charge is 0.394 e. The Morgan fingerprint density at radius 1 is 1.22 bits per heavy atom. The minimum Gasteiger partial charge on any atom is -0.394 e. The highest BCUT2D eigenvalue weighted by atomic mass is 16.7. The zero-order chi connectivity index (χ0) is 17.4. The Kier molecular flexibility index (Phi) is 8.42. The third-order valence-corrected chi connectivity index (χ3v) is 3.60. The monoisotopic (exact) mass is 334 g/mol. The molecule has 1 rings (SSSR count). The quantitative estimate of drug-likeness (QED) is 0.306. The van der Waals surface area contributed by atoms with Gasteiger partial charge in [-0.1, -0.05) is 6.42 Å². The topological polar surface area (TPSA) is 151 Å². The lowest BCUT2D eigenvalue weighted by atomic mass is 9.97. The van der Waals surface area contributed by atoms with Gasteiger partial charge in [-0.25, -0.2) is 0 Å². The van der Waals surface area contributed by atoms with E-state index < -0.39 is 43.2 Å². The Labute approximate surface area is 134 Å². The molecule has 0 spiro atoms. The number of nitrogens with one attached hydrogen (secondary N) is 1. The molecular formula is C14H26N2O7. The third kappa shape index (κ3) is 6.40. The fourth-order valence-corrected chi connectivity index (χ4v) is 2.39. The van der Waals surface area contributed by atoms with E-state index in [1.165, 1.54) is 6.92 Å². The van der Waals surface area contributed by atoms with E-state index in [0.717, 1.165) is 6.42 Å². The lowest BCUT2D eigenvalue weighted by Gasteiger charge is -2.42. The summed E-state index contributed by atoms with van der Waals surface area (Å²) in [6, 6.07) is -0.934. The first-order valence-electron chi connectivity index (χ1n) is 7.66. The average molecular weight is 334 g/mol. The minimum absolute atomic E-state index is 0.278. The molecule has 1 fully saturated rings. The van der Waals surface area contributed by atoms with Crippen LogP contribution in [0.1, 0.15) is 32.6 Å². The minimum atomic E-state index is -1.33. The maximum Gasteiger partial charge on any atom is 0.217 e. The Bertz CT molecular complexity index is 393. The average Bonchev–Trinajstić information content (AvgIpc) is 2.48. The smallest absolute Gasteiger partial charge is 0.217 e. The van der Waals surface area contributed by atoms with Crippen LogP contribution in [0.25, 0.3) is 0 Å². The van der Waals surface area contributed by atoms with E-state index in [2.05, 4.69) is 5.32 Å². The van der Waals surface area contributed by atoms with Crippen LogP contribution >= 0.6 is 0 Å². The van der Waals surface area contributed by atoms with Crippen LogP contribution in [0.5, 0.6) is 0 Å². The fraction of sp³-hybridized carbons (Fsp3) is 0.857. The lowest BCUT2D eigenvalue weighted by Crippen LogP contribution is -2.64. The lowest BCUT2D eigenvalue weighted by molar-refractivity contribution is -0.270. The van der Waals surface area contributed by atoms with Crippen molar-refractivity contribution in [1.82, 2.24) is 5.32 Å². The van der Waals surface area contributed by atoms with Crippen LogP contribution < -0.4 is 11.1 Å². The van der Waals surface area contributed by atoms with E-state index in [9.17, 15) is 24.9 Å². The highest BCUT2D eigenvalue weighted by molar-refractivity contribution is 5.73. The second-order valence-corrected chi connectivity index (χ2v) is 5.58. The Balaban J connectivity index is 2.49. The van der Waals surface area contributed by atoms with Crippen LogP contribution in [0.3, 0.4) is 0 Å². The first-order chi connectivity index (χ1) is 10.9. The summed E-state index contributed by atoms with van der Waals surface area (Å²) < 4.78 is 10.9. The second kappa shape index (κ2) is 9.78. The molecule has 1 aliphatic heterocycles. The molecule has 2 amide bonds. The van der Waals surface area contributed by atoms with Crippen molar-refractivity contribution in [2.75, 3.05) is 13.2 Å². The van der Waals surface area contributed by atoms with Gasteiger partial charge in [0.2, 0.25) is 11.8 Å². The number of aliphatic hydroxyl groups excluding tert-OH is 3. The first kappa shape index (κ1) is 19.8. The molecule has 9 nitrogen and oxygen atoms in total. The van der Waals surface area contributed by atoms with Crippen molar-refractivity contribution in [1.29, 1.82) is 0 Å². The van der Waals surface area contributed by atoms with Crippen LogP contribution in [0.4, 0.5) is 0 Å². The number of amides is 2. The summed E-state index contributed by atoms with van der Waals surface area (Å²) in [6.45, 7) is 1.07. The number of carbonyl (C=O) groups excluding carboxylic acids is 2. The molecule has 5 atom stereocenters. The number of ether oxygens (including phenoxy) is 2. The fourth-order valence-electron chi connectivity index (χ4n) is 2.39. The van der Waals surface area contributed by atoms with Crippen molar-refractivity contribution in [2.45, 2.75) is 63.3 Å². The van der Waals surface area contributed by atoms with Gasteiger partial charge in [-0.05, 0) is 12.8 Å². The predicted octanol–water partition coefficient (Wildman–Crippen LogP) is -2.01.